The molecule has 0 bridgehead atoms. The molecule has 146 valence electrons. The summed E-state index contributed by atoms with van der Waals surface area (Å²) in [5.41, 5.74) is 0. The van der Waals surface area contributed by atoms with Crippen molar-refractivity contribution in [2.45, 2.75) is 0 Å². The largest absolute Gasteiger partial charge is 0.480 e. The second-order valence-electron chi connectivity index (χ2n) is 4.51. The van der Waals surface area contributed by atoms with Crippen LogP contribution in [0.25, 0.3) is 0 Å². The molecule has 15 heteroatoms. The highest BCUT2D eigenvalue weighted by molar-refractivity contribution is 7.83. The molecule has 0 saturated carbocycles. The van der Waals surface area contributed by atoms with E-state index in [1.54, 1.807) is 0 Å². The number of carbonyl (C=O) groups is 4. The van der Waals surface area contributed by atoms with Crippen LogP contribution in [0.5, 0.6) is 0 Å². The van der Waals surface area contributed by atoms with Crippen LogP contribution in [0.15, 0.2) is 0 Å². The van der Waals surface area contributed by atoms with E-state index in [1.165, 1.54) is 0 Å². The molecule has 0 saturated heterocycles. The molecule has 0 heterocycles. The highest BCUT2D eigenvalue weighted by Gasteiger charge is 2.17. The summed E-state index contributed by atoms with van der Waals surface area (Å²) in [5, 5.41) is 38.3. The Morgan fingerprint density at radius 1 is 0.680 bits per heavy atom. The molecule has 0 radical (unpaired) electrons. The fraction of sp³-hybridized carbons (Fsp3) is 0.600. The van der Waals surface area contributed by atoms with Gasteiger partial charge in [0.2, 0.25) is 0 Å². The third kappa shape index (κ3) is 24.1. The van der Waals surface area contributed by atoms with Gasteiger partial charge in [0.05, 0.1) is 26.2 Å². The average Bonchev–Trinajstić information content (AvgIpc) is 2.30. The third-order valence-corrected chi connectivity index (χ3v) is 2.17. The Morgan fingerprint density at radius 3 is 0.960 bits per heavy atom. The standard InChI is InChI=1S/C10H16N2O8.H3NO3S/c13-7(14)3-11(4-8(15)16)1-2-12(5-9(17)18)6-10(19)20;1-5(2,3)4/h1-6H2,(H,13,14)(H,15,16)(H,17,18)(H,19,20);(H3,1,2,3,4). The molecule has 25 heavy (non-hydrogen) atoms. The van der Waals surface area contributed by atoms with Crippen LogP contribution in [0.4, 0.5) is 0 Å². The van der Waals surface area contributed by atoms with Gasteiger partial charge in [0.15, 0.2) is 0 Å². The summed E-state index contributed by atoms with van der Waals surface area (Å²) in [6.45, 7) is -2.25. The summed E-state index contributed by atoms with van der Waals surface area (Å²) >= 11 is 0. The van der Waals surface area contributed by atoms with Gasteiger partial charge in [-0.05, 0) is 0 Å². The smallest absolute Gasteiger partial charge is 0.330 e. The summed E-state index contributed by atoms with van der Waals surface area (Å²) in [7, 11) is -4.17. The minimum absolute atomic E-state index is 0.0703. The molecule has 0 aliphatic rings. The maximum atomic E-state index is 10.6. The molecule has 7 N–H and O–H groups in total. The lowest BCUT2D eigenvalue weighted by Gasteiger charge is -2.23. The topological polar surface area (TPSA) is 236 Å². The lowest BCUT2D eigenvalue weighted by atomic mass is 10.4. The second-order valence-corrected chi connectivity index (χ2v) is 5.54. The predicted octanol–water partition coefficient (Wildman–Crippen LogP) is -3.32. The van der Waals surface area contributed by atoms with E-state index in [9.17, 15) is 19.2 Å². The van der Waals surface area contributed by atoms with Crippen LogP contribution in [0.3, 0.4) is 0 Å². The van der Waals surface area contributed by atoms with Crippen molar-refractivity contribution < 1.29 is 52.6 Å². The van der Waals surface area contributed by atoms with E-state index in [0.717, 1.165) is 9.80 Å². The molecule has 14 nitrogen and oxygen atoms in total. The Labute approximate surface area is 141 Å². The van der Waals surface area contributed by atoms with E-state index in [4.69, 9.17) is 33.4 Å². The molecule has 0 unspecified atom stereocenters. The molecule has 0 atom stereocenters. The van der Waals surface area contributed by atoms with Gasteiger partial charge in [-0.1, -0.05) is 0 Å². The summed E-state index contributed by atoms with van der Waals surface area (Å²) in [5.74, 6) is -4.91. The summed E-state index contributed by atoms with van der Waals surface area (Å²) < 4.78 is 25.2. The number of nitrogens with two attached hydrogens (primary N) is 1. The molecule has 0 aromatic heterocycles. The van der Waals surface area contributed by atoms with E-state index in [-0.39, 0.29) is 13.1 Å². The van der Waals surface area contributed by atoms with E-state index in [1.807, 2.05) is 0 Å². The zero-order valence-electron chi connectivity index (χ0n) is 12.8. The molecule has 0 rings (SSSR count). The van der Waals surface area contributed by atoms with E-state index in [0.29, 0.717) is 0 Å². The van der Waals surface area contributed by atoms with Crippen molar-refractivity contribution in [1.82, 2.24) is 9.80 Å². The average molecular weight is 389 g/mol. The van der Waals surface area contributed by atoms with Gasteiger partial charge < -0.3 is 20.4 Å². The van der Waals surface area contributed by atoms with Crippen LogP contribution in [0.1, 0.15) is 0 Å². The first-order chi connectivity index (χ1) is 11.2. The Balaban J connectivity index is 0. The first-order valence-corrected chi connectivity index (χ1v) is 7.78. The lowest BCUT2D eigenvalue weighted by Crippen LogP contribution is -2.43. The van der Waals surface area contributed by atoms with Crippen molar-refractivity contribution in [3.63, 3.8) is 0 Å². The van der Waals surface area contributed by atoms with Crippen LogP contribution in [-0.2, 0) is 29.5 Å². The summed E-state index contributed by atoms with van der Waals surface area (Å²) in [6, 6.07) is 0. The lowest BCUT2D eigenvalue weighted by molar-refractivity contribution is -0.145. The number of nitrogens with zero attached hydrogens (tertiary/aromatic N) is 2. The monoisotopic (exact) mass is 389 g/mol. The number of carboxylic acids is 4. The zero-order chi connectivity index (χ0) is 20.2. The molecule has 0 amide bonds. The minimum Gasteiger partial charge on any atom is -0.480 e. The molecule has 0 spiro atoms. The van der Waals surface area contributed by atoms with Gasteiger partial charge >= 0.3 is 34.2 Å². The van der Waals surface area contributed by atoms with Crippen molar-refractivity contribution >= 4 is 34.2 Å². The predicted molar refractivity (Wildman–Crippen MR) is 79.2 cm³/mol. The molecule has 0 aromatic carbocycles. The number of aliphatic carboxylic acids is 4. The molecule has 0 aliphatic carbocycles. The van der Waals surface area contributed by atoms with Crippen LogP contribution >= 0.6 is 0 Å². The van der Waals surface area contributed by atoms with Crippen LogP contribution in [0, 0.1) is 0 Å². The maximum Gasteiger partial charge on any atom is 0.330 e. The molecule has 0 aromatic rings. The Bertz CT molecular complexity index is 501. The highest BCUT2D eigenvalue weighted by atomic mass is 32.2. The van der Waals surface area contributed by atoms with E-state index < -0.39 is 60.4 Å². The van der Waals surface area contributed by atoms with Crippen LogP contribution < -0.4 is 5.14 Å². The first kappa shape index (κ1) is 24.9. The quantitative estimate of drug-likeness (QED) is 0.190. The fourth-order valence-electron chi connectivity index (χ4n) is 1.48. The van der Waals surface area contributed by atoms with Gasteiger partial charge in [-0.25, -0.2) is 5.14 Å². The van der Waals surface area contributed by atoms with Gasteiger partial charge in [0.1, 0.15) is 0 Å². The van der Waals surface area contributed by atoms with Gasteiger partial charge in [-0.2, -0.15) is 8.42 Å². The molecule has 0 aliphatic heterocycles. The fourth-order valence-corrected chi connectivity index (χ4v) is 1.48. The first-order valence-electron chi connectivity index (χ1n) is 6.27. The van der Waals surface area contributed by atoms with E-state index >= 15 is 0 Å². The summed E-state index contributed by atoms with van der Waals surface area (Å²) in [4.78, 5) is 44.4. The van der Waals surface area contributed by atoms with Gasteiger partial charge in [-0.3, -0.25) is 33.5 Å². The normalized spacial score (nSPS) is 10.9. The number of hydrogen-bond donors (Lipinski definition) is 6. The zero-order valence-corrected chi connectivity index (χ0v) is 13.6. The maximum absolute atomic E-state index is 10.6. The summed E-state index contributed by atoms with van der Waals surface area (Å²) in [6.07, 6.45) is 0. The minimum atomic E-state index is -4.17. The Hall–Kier alpha value is -2.33. The van der Waals surface area contributed by atoms with Crippen molar-refractivity contribution in [3.8, 4) is 0 Å². The SMILES string of the molecule is NS(=O)(=O)O.O=C(O)CN(CCN(CC(=O)O)CC(=O)O)CC(=O)O. The number of hydrogen-bond acceptors (Lipinski definition) is 8. The van der Waals surface area contributed by atoms with Crippen molar-refractivity contribution in [2.75, 3.05) is 39.3 Å². The van der Waals surface area contributed by atoms with Crippen LogP contribution in [-0.4, -0.2) is 106 Å². The van der Waals surface area contributed by atoms with Gasteiger partial charge in [0.25, 0.3) is 0 Å². The van der Waals surface area contributed by atoms with Gasteiger partial charge in [0, 0.05) is 13.1 Å². The molecular formula is C10H19N3O11S. The highest BCUT2D eigenvalue weighted by Crippen LogP contribution is 1.94. The number of rotatable bonds is 11. The Kier molecular flexibility index (Phi) is 12.1. The van der Waals surface area contributed by atoms with Crippen LogP contribution in [0.2, 0.25) is 0 Å². The van der Waals surface area contributed by atoms with Crippen molar-refractivity contribution in [1.29, 1.82) is 0 Å². The number of carboxylic acid groups (broad SMARTS) is 4. The second kappa shape index (κ2) is 12.1. The molecular weight excluding hydrogens is 370 g/mol. The third-order valence-electron chi connectivity index (χ3n) is 2.17. The Morgan fingerprint density at radius 2 is 0.840 bits per heavy atom. The molecule has 0 fully saturated rings. The van der Waals surface area contributed by atoms with Crippen molar-refractivity contribution in [2.24, 2.45) is 5.14 Å². The van der Waals surface area contributed by atoms with Crippen molar-refractivity contribution in [3.05, 3.63) is 0 Å². The van der Waals surface area contributed by atoms with E-state index in [2.05, 4.69) is 5.14 Å². The van der Waals surface area contributed by atoms with Gasteiger partial charge in [-0.15, -0.1) is 0 Å².